The summed E-state index contributed by atoms with van der Waals surface area (Å²) in [4.78, 5) is 0. The van der Waals surface area contributed by atoms with Crippen molar-refractivity contribution in [2.24, 2.45) is 0 Å². The quantitative estimate of drug-likeness (QED) is 0.446. The van der Waals surface area contributed by atoms with Crippen LogP contribution < -0.4 is 0 Å². The molecule has 2 heteroatoms. The van der Waals surface area contributed by atoms with Gasteiger partial charge in [0.15, 0.2) is 0 Å². The summed E-state index contributed by atoms with van der Waals surface area (Å²) >= 11 is 0. The van der Waals surface area contributed by atoms with Crippen LogP contribution >= 0.6 is 0 Å². The number of rotatable bonds is 1. The van der Waals surface area contributed by atoms with E-state index in [0.29, 0.717) is 6.08 Å². The highest BCUT2D eigenvalue weighted by atomic mass is 19.3. The standard InChI is InChI=1S/C5H6F2/c1-2-3-4-5(6)7/h2,4-5H,1H3. The van der Waals surface area contributed by atoms with Gasteiger partial charge in [-0.15, -0.1) is 5.73 Å². The van der Waals surface area contributed by atoms with Crippen molar-refractivity contribution in [3.63, 3.8) is 0 Å². The zero-order valence-electron chi connectivity index (χ0n) is 3.99. The summed E-state index contributed by atoms with van der Waals surface area (Å²) in [6.45, 7) is 1.64. The fourth-order valence-corrected chi connectivity index (χ4v) is 0.169. The molecule has 0 aromatic heterocycles. The molecule has 0 saturated carbocycles. The molecule has 0 rings (SSSR count). The van der Waals surface area contributed by atoms with E-state index in [-0.39, 0.29) is 0 Å². The van der Waals surface area contributed by atoms with Gasteiger partial charge >= 0.3 is 0 Å². The van der Waals surface area contributed by atoms with Gasteiger partial charge in [0.2, 0.25) is 0 Å². The van der Waals surface area contributed by atoms with Crippen LogP contribution in [0.4, 0.5) is 8.78 Å². The molecule has 0 heterocycles. The number of hydrogen-bond donors (Lipinski definition) is 0. The zero-order chi connectivity index (χ0) is 5.70. The first-order valence-corrected chi connectivity index (χ1v) is 1.92. The van der Waals surface area contributed by atoms with Crippen molar-refractivity contribution in [1.29, 1.82) is 0 Å². The van der Waals surface area contributed by atoms with Crippen molar-refractivity contribution in [1.82, 2.24) is 0 Å². The molecule has 0 amide bonds. The van der Waals surface area contributed by atoms with E-state index in [0.717, 1.165) is 0 Å². The van der Waals surface area contributed by atoms with Gasteiger partial charge in [0.05, 0.1) is 0 Å². The van der Waals surface area contributed by atoms with Crippen LogP contribution in [0.25, 0.3) is 0 Å². The minimum absolute atomic E-state index is 0.708. The molecule has 0 unspecified atom stereocenters. The molecular weight excluding hydrogens is 98.1 g/mol. The van der Waals surface area contributed by atoms with E-state index in [9.17, 15) is 8.78 Å². The summed E-state index contributed by atoms with van der Waals surface area (Å²) in [6, 6.07) is 0. The monoisotopic (exact) mass is 104 g/mol. The fourth-order valence-electron chi connectivity index (χ4n) is 0.169. The Kier molecular flexibility index (Phi) is 3.25. The maximum Gasteiger partial charge on any atom is 0.264 e. The van der Waals surface area contributed by atoms with Gasteiger partial charge in [-0.25, -0.2) is 8.78 Å². The Labute approximate surface area is 41.2 Å². The molecule has 0 saturated heterocycles. The highest BCUT2D eigenvalue weighted by molar-refractivity contribution is 4.83. The van der Waals surface area contributed by atoms with Crippen molar-refractivity contribution in [2.45, 2.75) is 13.3 Å². The van der Waals surface area contributed by atoms with Crippen LogP contribution in [0.3, 0.4) is 0 Å². The lowest BCUT2D eigenvalue weighted by molar-refractivity contribution is 0.204. The van der Waals surface area contributed by atoms with Crippen molar-refractivity contribution < 1.29 is 8.78 Å². The van der Waals surface area contributed by atoms with Gasteiger partial charge < -0.3 is 0 Å². The van der Waals surface area contributed by atoms with Crippen molar-refractivity contribution >= 4 is 0 Å². The number of hydrogen-bond acceptors (Lipinski definition) is 0. The highest BCUT2D eigenvalue weighted by Crippen LogP contribution is 1.89. The topological polar surface area (TPSA) is 0 Å². The van der Waals surface area contributed by atoms with Crippen LogP contribution in [-0.4, -0.2) is 6.43 Å². The first kappa shape index (κ1) is 6.38. The van der Waals surface area contributed by atoms with E-state index in [4.69, 9.17) is 0 Å². The van der Waals surface area contributed by atoms with Crippen LogP contribution in [0.5, 0.6) is 0 Å². The number of allylic oxidation sites excluding steroid dienone is 1. The summed E-state index contributed by atoms with van der Waals surface area (Å²) in [5.74, 6) is 0. The van der Waals surface area contributed by atoms with E-state index in [1.54, 1.807) is 6.92 Å². The second kappa shape index (κ2) is 3.57. The van der Waals surface area contributed by atoms with E-state index >= 15 is 0 Å². The molecule has 40 valence electrons. The average Bonchev–Trinajstić information content (AvgIpc) is 1.61. The lowest BCUT2D eigenvalue weighted by atomic mass is 10.6. The van der Waals surface area contributed by atoms with Gasteiger partial charge in [0.25, 0.3) is 6.43 Å². The van der Waals surface area contributed by atoms with Gasteiger partial charge in [-0.05, 0) is 13.0 Å². The van der Waals surface area contributed by atoms with E-state index in [1.807, 2.05) is 0 Å². The maximum absolute atomic E-state index is 11.1. The van der Waals surface area contributed by atoms with Crippen molar-refractivity contribution in [3.05, 3.63) is 17.9 Å². The van der Waals surface area contributed by atoms with E-state index < -0.39 is 6.43 Å². The lowest BCUT2D eigenvalue weighted by Gasteiger charge is -1.76. The molecule has 0 N–H and O–H groups in total. The molecule has 0 aliphatic rings. The van der Waals surface area contributed by atoms with Crippen LogP contribution in [0.2, 0.25) is 0 Å². The fraction of sp³-hybridized carbons (Fsp3) is 0.400. The van der Waals surface area contributed by atoms with Gasteiger partial charge in [-0.1, -0.05) is 0 Å². The Morgan fingerprint density at radius 2 is 2.14 bits per heavy atom. The van der Waals surface area contributed by atoms with Gasteiger partial charge in [0.1, 0.15) is 0 Å². The van der Waals surface area contributed by atoms with Gasteiger partial charge in [0, 0.05) is 6.08 Å². The Morgan fingerprint density at radius 3 is 2.29 bits per heavy atom. The van der Waals surface area contributed by atoms with Crippen LogP contribution in [0.1, 0.15) is 6.92 Å². The van der Waals surface area contributed by atoms with E-state index in [2.05, 4.69) is 5.73 Å². The van der Waals surface area contributed by atoms with Crippen molar-refractivity contribution in [2.75, 3.05) is 0 Å². The van der Waals surface area contributed by atoms with Crippen LogP contribution in [0, 0.1) is 0 Å². The molecule has 0 bridgehead atoms. The predicted molar refractivity (Wildman–Crippen MR) is 24.3 cm³/mol. The minimum Gasteiger partial charge on any atom is -0.205 e. The third-order valence-electron chi connectivity index (χ3n) is 0.389. The summed E-state index contributed by atoms with van der Waals surface area (Å²) in [5, 5.41) is 0. The molecule has 0 spiro atoms. The SMILES string of the molecule is CC=C=CC(F)F. The van der Waals surface area contributed by atoms with Crippen molar-refractivity contribution in [3.8, 4) is 0 Å². The Bertz CT molecular complexity index is 88.3. The summed E-state index contributed by atoms with van der Waals surface area (Å²) in [6.07, 6.45) is -0.220. The smallest absolute Gasteiger partial charge is 0.205 e. The molecule has 0 aliphatic heterocycles. The molecule has 7 heavy (non-hydrogen) atoms. The van der Waals surface area contributed by atoms with Crippen LogP contribution in [-0.2, 0) is 0 Å². The first-order valence-electron chi connectivity index (χ1n) is 1.92. The maximum atomic E-state index is 11.1. The third-order valence-corrected chi connectivity index (χ3v) is 0.389. The average molecular weight is 104 g/mol. The van der Waals surface area contributed by atoms with Gasteiger partial charge in [-0.2, -0.15) is 0 Å². The second-order valence-electron chi connectivity index (χ2n) is 0.956. The zero-order valence-corrected chi connectivity index (χ0v) is 3.99. The third kappa shape index (κ3) is 5.38. The largest absolute Gasteiger partial charge is 0.264 e. The molecule has 0 atom stereocenters. The summed E-state index contributed by atoms with van der Waals surface area (Å²) in [5.41, 5.74) is 2.25. The molecule has 0 aliphatic carbocycles. The lowest BCUT2D eigenvalue weighted by Crippen LogP contribution is -1.75. The highest BCUT2D eigenvalue weighted by Gasteiger charge is 1.88. The molecule has 0 fully saturated rings. The van der Waals surface area contributed by atoms with E-state index in [1.165, 1.54) is 6.08 Å². The predicted octanol–water partition coefficient (Wildman–Crippen LogP) is 1.98. The Hall–Kier alpha value is -0.620. The first-order chi connectivity index (χ1) is 3.27. The van der Waals surface area contributed by atoms with Gasteiger partial charge in [-0.3, -0.25) is 0 Å². The number of alkyl halides is 2. The summed E-state index contributed by atoms with van der Waals surface area (Å²) in [7, 11) is 0. The molecular formula is C5H6F2. The molecule has 0 nitrogen and oxygen atoms in total. The normalized spacial score (nSPS) is 8.00. The summed E-state index contributed by atoms with van der Waals surface area (Å²) < 4.78 is 22.2. The van der Waals surface area contributed by atoms with Crippen LogP contribution in [0.15, 0.2) is 17.9 Å². The second-order valence-corrected chi connectivity index (χ2v) is 0.956. The Balaban J connectivity index is 3.46. The molecule has 0 aromatic carbocycles. The Morgan fingerprint density at radius 1 is 1.57 bits per heavy atom. The molecule has 0 aromatic rings. The molecule has 0 radical (unpaired) electrons. The number of halogens is 2. The minimum atomic E-state index is -2.36.